The van der Waals surface area contributed by atoms with Crippen LogP contribution in [0.2, 0.25) is 0 Å². The van der Waals surface area contributed by atoms with Gasteiger partial charge >= 0.3 is 0 Å². The van der Waals surface area contributed by atoms with E-state index in [0.29, 0.717) is 11.3 Å². The minimum atomic E-state index is 0.362. The summed E-state index contributed by atoms with van der Waals surface area (Å²) in [5.74, 6) is 1.96. The highest BCUT2D eigenvalue weighted by atomic mass is 32.2. The van der Waals surface area contributed by atoms with Crippen LogP contribution < -0.4 is 5.32 Å². The molecule has 2 nitrogen and oxygen atoms in total. The normalized spacial score (nSPS) is 14.2. The Balaban J connectivity index is 1.98. The van der Waals surface area contributed by atoms with Gasteiger partial charge < -0.3 is 9.73 Å². The second kappa shape index (κ2) is 7.55. The highest BCUT2D eigenvalue weighted by molar-refractivity contribution is 7.99. The number of rotatable bonds is 7. The molecule has 0 saturated heterocycles. The van der Waals surface area contributed by atoms with E-state index in [-0.39, 0.29) is 0 Å². The number of nitrogens with one attached hydrogen (secondary N) is 1. The third kappa shape index (κ3) is 3.90. The Morgan fingerprint density at radius 2 is 1.95 bits per heavy atom. The number of aryl methyl sites for hydroxylation is 1. The Morgan fingerprint density at radius 3 is 2.50 bits per heavy atom. The molecule has 1 aromatic carbocycles. The first-order valence-electron chi connectivity index (χ1n) is 7.14. The van der Waals surface area contributed by atoms with E-state index in [1.165, 1.54) is 11.1 Å². The molecule has 0 amide bonds. The summed E-state index contributed by atoms with van der Waals surface area (Å²) >= 11 is 1.92. The van der Waals surface area contributed by atoms with Gasteiger partial charge in [0.1, 0.15) is 5.76 Å². The van der Waals surface area contributed by atoms with E-state index in [1.54, 1.807) is 6.26 Å². The molecule has 0 aliphatic carbocycles. The molecule has 2 rings (SSSR count). The molecule has 0 aliphatic heterocycles. The number of furan rings is 1. The molecule has 2 unspecified atom stereocenters. The topological polar surface area (TPSA) is 25.2 Å². The average Bonchev–Trinajstić information content (AvgIpc) is 3.00. The number of hydrogen-bond donors (Lipinski definition) is 1. The van der Waals surface area contributed by atoms with Gasteiger partial charge in [0, 0.05) is 11.3 Å². The Morgan fingerprint density at radius 1 is 1.20 bits per heavy atom. The summed E-state index contributed by atoms with van der Waals surface area (Å²) in [4.78, 5) is 0. The van der Waals surface area contributed by atoms with Crippen LogP contribution in [0.15, 0.2) is 47.1 Å². The summed E-state index contributed by atoms with van der Waals surface area (Å²) in [5, 5.41) is 3.92. The van der Waals surface area contributed by atoms with E-state index >= 15 is 0 Å². The molecule has 1 N–H and O–H groups in total. The highest BCUT2D eigenvalue weighted by Crippen LogP contribution is 2.29. The molecule has 2 aromatic rings. The molecule has 0 radical (unpaired) electrons. The summed E-state index contributed by atoms with van der Waals surface area (Å²) in [5.41, 5.74) is 2.74. The van der Waals surface area contributed by atoms with Crippen molar-refractivity contribution in [3.8, 4) is 0 Å². The van der Waals surface area contributed by atoms with Crippen molar-refractivity contribution in [2.45, 2.75) is 37.3 Å². The fourth-order valence-corrected chi connectivity index (χ4v) is 3.41. The lowest BCUT2D eigenvalue weighted by molar-refractivity contribution is 0.529. The van der Waals surface area contributed by atoms with E-state index in [0.717, 1.165) is 17.9 Å². The van der Waals surface area contributed by atoms with Crippen molar-refractivity contribution < 1.29 is 4.42 Å². The lowest BCUT2D eigenvalue weighted by Crippen LogP contribution is -2.25. The van der Waals surface area contributed by atoms with Gasteiger partial charge in [0.15, 0.2) is 0 Å². The first-order valence-corrected chi connectivity index (χ1v) is 8.19. The van der Waals surface area contributed by atoms with Gasteiger partial charge in [-0.15, -0.1) is 11.8 Å². The van der Waals surface area contributed by atoms with E-state index < -0.39 is 0 Å². The van der Waals surface area contributed by atoms with E-state index in [4.69, 9.17) is 4.42 Å². The largest absolute Gasteiger partial charge is 0.468 e. The minimum absolute atomic E-state index is 0.362. The summed E-state index contributed by atoms with van der Waals surface area (Å²) < 4.78 is 5.39. The summed E-state index contributed by atoms with van der Waals surface area (Å²) in [6, 6.07) is 13.3. The molecule has 0 bridgehead atoms. The van der Waals surface area contributed by atoms with Gasteiger partial charge in [-0.3, -0.25) is 0 Å². The zero-order valence-corrected chi connectivity index (χ0v) is 13.2. The summed E-state index contributed by atoms with van der Waals surface area (Å²) in [6.07, 6.45) is 2.83. The first kappa shape index (κ1) is 15.2. The zero-order valence-electron chi connectivity index (χ0n) is 12.4. The molecule has 108 valence electrons. The lowest BCUT2D eigenvalue weighted by atomic mass is 10.0. The predicted molar refractivity (Wildman–Crippen MR) is 87.1 cm³/mol. The van der Waals surface area contributed by atoms with E-state index in [9.17, 15) is 0 Å². The van der Waals surface area contributed by atoms with Crippen LogP contribution in [0.5, 0.6) is 0 Å². The molecular formula is C17H23NOS. The van der Waals surface area contributed by atoms with Crippen molar-refractivity contribution in [2.24, 2.45) is 0 Å². The molecule has 0 aliphatic rings. The van der Waals surface area contributed by atoms with Gasteiger partial charge in [0.25, 0.3) is 0 Å². The van der Waals surface area contributed by atoms with Crippen molar-refractivity contribution in [1.82, 2.24) is 5.32 Å². The Bertz CT molecular complexity index is 492. The maximum Gasteiger partial charge on any atom is 0.113 e. The molecule has 1 heterocycles. The van der Waals surface area contributed by atoms with Crippen LogP contribution in [0.4, 0.5) is 0 Å². The lowest BCUT2D eigenvalue weighted by Gasteiger charge is -2.23. The third-order valence-corrected chi connectivity index (χ3v) is 4.85. The number of hydrogen-bond acceptors (Lipinski definition) is 3. The zero-order chi connectivity index (χ0) is 14.4. The van der Waals surface area contributed by atoms with Gasteiger partial charge in [-0.05, 0) is 36.7 Å². The van der Waals surface area contributed by atoms with Crippen LogP contribution in [0.3, 0.4) is 0 Å². The predicted octanol–water partition coefficient (Wildman–Crippen LogP) is 4.42. The molecule has 2 atom stereocenters. The van der Waals surface area contributed by atoms with Crippen LogP contribution in [0, 0.1) is 0 Å². The van der Waals surface area contributed by atoms with E-state index in [2.05, 4.69) is 43.4 Å². The molecule has 0 fully saturated rings. The summed E-state index contributed by atoms with van der Waals surface area (Å²) in [6.45, 7) is 4.45. The fraction of sp³-hybridized carbons (Fsp3) is 0.412. The number of thioether (sulfide) groups is 1. The van der Waals surface area contributed by atoms with Gasteiger partial charge in [0.2, 0.25) is 0 Å². The monoisotopic (exact) mass is 289 g/mol. The van der Waals surface area contributed by atoms with Crippen LogP contribution in [0.25, 0.3) is 0 Å². The van der Waals surface area contributed by atoms with Crippen LogP contribution in [0.1, 0.15) is 36.8 Å². The highest BCUT2D eigenvalue weighted by Gasteiger charge is 2.18. The second-order valence-electron chi connectivity index (χ2n) is 4.96. The van der Waals surface area contributed by atoms with Crippen molar-refractivity contribution in [2.75, 3.05) is 7.05 Å². The maximum atomic E-state index is 5.39. The quantitative estimate of drug-likeness (QED) is 0.816. The Hall–Kier alpha value is -1.19. The minimum Gasteiger partial charge on any atom is -0.468 e. The van der Waals surface area contributed by atoms with Gasteiger partial charge in [-0.1, -0.05) is 38.1 Å². The van der Waals surface area contributed by atoms with E-state index in [1.807, 2.05) is 30.9 Å². The molecule has 3 heteroatoms. The van der Waals surface area contributed by atoms with Crippen molar-refractivity contribution in [3.05, 3.63) is 59.5 Å². The van der Waals surface area contributed by atoms with Crippen LogP contribution >= 0.6 is 11.8 Å². The first-order chi connectivity index (χ1) is 9.74. The maximum absolute atomic E-state index is 5.39. The smallest absolute Gasteiger partial charge is 0.113 e. The average molecular weight is 289 g/mol. The molecule has 1 aromatic heterocycles. The summed E-state index contributed by atoms with van der Waals surface area (Å²) in [7, 11) is 2.03. The molecule has 0 spiro atoms. The fourth-order valence-electron chi connectivity index (χ4n) is 2.34. The van der Waals surface area contributed by atoms with Crippen molar-refractivity contribution in [3.63, 3.8) is 0 Å². The van der Waals surface area contributed by atoms with Gasteiger partial charge in [0.05, 0.1) is 12.0 Å². The van der Waals surface area contributed by atoms with Gasteiger partial charge in [-0.2, -0.15) is 0 Å². The molecule has 0 saturated carbocycles. The number of benzene rings is 1. The third-order valence-electron chi connectivity index (χ3n) is 3.60. The van der Waals surface area contributed by atoms with Crippen LogP contribution in [-0.4, -0.2) is 12.3 Å². The second-order valence-corrected chi connectivity index (χ2v) is 6.32. The molecule has 20 heavy (non-hydrogen) atoms. The van der Waals surface area contributed by atoms with Gasteiger partial charge in [-0.25, -0.2) is 0 Å². The van der Waals surface area contributed by atoms with Crippen LogP contribution in [-0.2, 0) is 12.2 Å². The standard InChI is InChI=1S/C17H23NOS/c1-4-14-7-9-15(10-8-14)17(18-3)13(2)20-12-16-6-5-11-19-16/h5-11,13,17-18H,4,12H2,1-3H3. The Labute approximate surface area is 126 Å². The SMILES string of the molecule is CCc1ccc(C(NC)C(C)SCc2ccco2)cc1. The molecular weight excluding hydrogens is 266 g/mol. The Kier molecular flexibility index (Phi) is 5.74. The van der Waals surface area contributed by atoms with Crippen molar-refractivity contribution in [1.29, 1.82) is 0 Å². The van der Waals surface area contributed by atoms with Crippen molar-refractivity contribution >= 4 is 11.8 Å².